The molecular weight excluding hydrogens is 219 g/mol. The number of rotatable bonds is 5. The van der Waals surface area contributed by atoms with Crippen LogP contribution in [0.15, 0.2) is 30.3 Å². The van der Waals surface area contributed by atoms with Gasteiger partial charge in [0, 0.05) is 0 Å². The largest absolute Gasteiger partial charge is 0.304 e. The van der Waals surface area contributed by atoms with Crippen molar-refractivity contribution in [3.8, 4) is 0 Å². The molecule has 0 amide bonds. The summed E-state index contributed by atoms with van der Waals surface area (Å²) >= 11 is 0. The first-order valence-corrected chi connectivity index (χ1v) is 8.12. The summed E-state index contributed by atoms with van der Waals surface area (Å²) < 4.78 is 12.3. The molecule has 0 atom stereocenters. The highest BCUT2D eigenvalue weighted by Gasteiger charge is 2.49. The van der Waals surface area contributed by atoms with Crippen LogP contribution in [0, 0.1) is 0 Å². The zero-order valence-corrected chi connectivity index (χ0v) is 10.5. The fourth-order valence-corrected chi connectivity index (χ4v) is 4.33. The topological polar surface area (TPSA) is 18.5 Å². The molecule has 0 saturated heterocycles. The molecule has 0 aromatic heterocycles. The molecule has 0 N–H and O–H groups in total. The van der Waals surface area contributed by atoms with E-state index in [-0.39, 0.29) is 0 Å². The molecule has 16 heavy (non-hydrogen) atoms. The van der Waals surface area contributed by atoms with E-state index in [0.29, 0.717) is 12.2 Å². The zero-order chi connectivity index (χ0) is 11.0. The van der Waals surface area contributed by atoms with Gasteiger partial charge in [-0.15, -0.1) is 0 Å². The molecular formula is C13H18O2P+. The normalized spacial score (nSPS) is 21.1. The van der Waals surface area contributed by atoms with Crippen LogP contribution < -0.4 is 5.30 Å². The lowest BCUT2D eigenvalue weighted by atomic mass is 10.4. The van der Waals surface area contributed by atoms with Crippen molar-refractivity contribution < 1.29 is 9.05 Å². The van der Waals surface area contributed by atoms with Crippen LogP contribution in [0.1, 0.15) is 25.7 Å². The SMILES string of the molecule is C[P+](OC1CC1)(OC1CC1)c1ccccc1. The lowest BCUT2D eigenvalue weighted by Crippen LogP contribution is -2.17. The minimum atomic E-state index is -1.81. The van der Waals surface area contributed by atoms with E-state index in [0.717, 1.165) is 0 Å². The van der Waals surface area contributed by atoms with E-state index in [2.05, 4.69) is 30.9 Å². The summed E-state index contributed by atoms with van der Waals surface area (Å²) in [6, 6.07) is 10.5. The average Bonchev–Trinajstić information content (AvgIpc) is 3.17. The van der Waals surface area contributed by atoms with Crippen LogP contribution in [0.5, 0.6) is 0 Å². The molecule has 2 nitrogen and oxygen atoms in total. The van der Waals surface area contributed by atoms with Gasteiger partial charge in [0.25, 0.3) is 0 Å². The summed E-state index contributed by atoms with van der Waals surface area (Å²) in [5.41, 5.74) is 0. The highest BCUT2D eigenvalue weighted by Crippen LogP contribution is 2.62. The third-order valence-electron chi connectivity index (χ3n) is 2.97. The number of hydrogen-bond donors (Lipinski definition) is 0. The summed E-state index contributed by atoms with van der Waals surface area (Å²) in [7, 11) is -1.81. The maximum Gasteiger partial charge on any atom is 0.304 e. The smallest absolute Gasteiger partial charge is 0.198 e. The lowest BCUT2D eigenvalue weighted by molar-refractivity contribution is 0.226. The summed E-state index contributed by atoms with van der Waals surface area (Å²) in [6.07, 6.45) is 5.73. The molecule has 86 valence electrons. The van der Waals surface area contributed by atoms with E-state index in [1.165, 1.54) is 31.0 Å². The first kappa shape index (κ1) is 10.7. The zero-order valence-electron chi connectivity index (χ0n) is 9.63. The Bertz CT molecular complexity index is 343. The minimum absolute atomic E-state index is 0.456. The second kappa shape index (κ2) is 4.10. The molecule has 2 fully saturated rings. The molecule has 2 aliphatic carbocycles. The van der Waals surface area contributed by atoms with Gasteiger partial charge in [-0.2, -0.15) is 9.05 Å². The minimum Gasteiger partial charge on any atom is -0.198 e. The number of hydrogen-bond acceptors (Lipinski definition) is 2. The third-order valence-corrected chi connectivity index (χ3v) is 5.61. The fourth-order valence-electron chi connectivity index (χ4n) is 1.76. The Labute approximate surface area is 97.5 Å². The lowest BCUT2D eigenvalue weighted by Gasteiger charge is -2.19. The van der Waals surface area contributed by atoms with Crippen LogP contribution >= 0.6 is 7.72 Å². The van der Waals surface area contributed by atoms with Crippen molar-refractivity contribution in [3.05, 3.63) is 30.3 Å². The summed E-state index contributed by atoms with van der Waals surface area (Å²) in [6.45, 7) is 2.17. The monoisotopic (exact) mass is 237 g/mol. The third kappa shape index (κ3) is 2.45. The molecule has 3 heteroatoms. The van der Waals surface area contributed by atoms with Crippen molar-refractivity contribution in [1.29, 1.82) is 0 Å². The highest BCUT2D eigenvalue weighted by molar-refractivity contribution is 7.73. The Kier molecular flexibility index (Phi) is 2.75. The quantitative estimate of drug-likeness (QED) is 0.732. The molecule has 1 aromatic carbocycles. The van der Waals surface area contributed by atoms with Crippen molar-refractivity contribution >= 4 is 13.0 Å². The predicted molar refractivity (Wildman–Crippen MR) is 67.1 cm³/mol. The van der Waals surface area contributed by atoms with Crippen LogP contribution in [0.25, 0.3) is 0 Å². The second-order valence-electron chi connectivity index (χ2n) is 4.79. The molecule has 3 rings (SSSR count). The van der Waals surface area contributed by atoms with E-state index >= 15 is 0 Å². The first-order chi connectivity index (χ1) is 7.76. The fraction of sp³-hybridized carbons (Fsp3) is 0.538. The average molecular weight is 237 g/mol. The Hall–Kier alpha value is -0.430. The second-order valence-corrected chi connectivity index (χ2v) is 7.42. The Morgan fingerprint density at radius 1 is 0.938 bits per heavy atom. The van der Waals surface area contributed by atoms with Gasteiger partial charge in [0.15, 0.2) is 5.30 Å². The van der Waals surface area contributed by atoms with E-state index in [1.807, 2.05) is 6.07 Å². The Morgan fingerprint density at radius 3 is 1.88 bits per heavy atom. The van der Waals surface area contributed by atoms with E-state index in [4.69, 9.17) is 9.05 Å². The van der Waals surface area contributed by atoms with Crippen LogP contribution in [0.4, 0.5) is 0 Å². The van der Waals surface area contributed by atoms with Gasteiger partial charge in [0.05, 0.1) is 0 Å². The van der Waals surface area contributed by atoms with E-state index in [9.17, 15) is 0 Å². The Morgan fingerprint density at radius 2 is 1.44 bits per heavy atom. The molecule has 2 saturated carbocycles. The van der Waals surface area contributed by atoms with E-state index in [1.54, 1.807) is 0 Å². The van der Waals surface area contributed by atoms with Crippen LogP contribution in [-0.2, 0) is 9.05 Å². The molecule has 2 aliphatic rings. The first-order valence-electron chi connectivity index (χ1n) is 6.05. The van der Waals surface area contributed by atoms with Crippen LogP contribution in [0.2, 0.25) is 0 Å². The molecule has 0 radical (unpaired) electrons. The van der Waals surface area contributed by atoms with Crippen molar-refractivity contribution in [2.45, 2.75) is 37.9 Å². The molecule has 0 bridgehead atoms. The van der Waals surface area contributed by atoms with Gasteiger partial charge in [-0.1, -0.05) is 18.2 Å². The predicted octanol–water partition coefficient (Wildman–Crippen LogP) is 3.15. The molecule has 0 unspecified atom stereocenters. The summed E-state index contributed by atoms with van der Waals surface area (Å²) in [5, 5.41) is 1.24. The maximum absolute atomic E-state index is 6.17. The summed E-state index contributed by atoms with van der Waals surface area (Å²) in [4.78, 5) is 0. The van der Waals surface area contributed by atoms with Gasteiger partial charge in [-0.3, -0.25) is 0 Å². The standard InChI is InChI=1S/C13H18O2P/c1-16(14-11-7-8-11,15-12-9-10-12)13-5-3-2-4-6-13/h2-6,11-12H,7-10H2,1H3/q+1. The highest BCUT2D eigenvalue weighted by atomic mass is 31.2. The molecule has 1 aromatic rings. The summed E-state index contributed by atoms with van der Waals surface area (Å²) in [5.74, 6) is 0. The molecule has 0 aliphatic heterocycles. The van der Waals surface area contributed by atoms with Crippen LogP contribution in [0.3, 0.4) is 0 Å². The van der Waals surface area contributed by atoms with Gasteiger partial charge >= 0.3 is 7.72 Å². The van der Waals surface area contributed by atoms with Crippen LogP contribution in [-0.4, -0.2) is 18.9 Å². The molecule has 0 spiro atoms. The van der Waals surface area contributed by atoms with Gasteiger partial charge < -0.3 is 0 Å². The van der Waals surface area contributed by atoms with Gasteiger partial charge in [-0.25, -0.2) is 0 Å². The van der Waals surface area contributed by atoms with Gasteiger partial charge in [-0.05, 0) is 37.8 Å². The maximum atomic E-state index is 6.17. The van der Waals surface area contributed by atoms with E-state index < -0.39 is 7.72 Å². The Balaban J connectivity index is 1.80. The van der Waals surface area contributed by atoms with Crippen molar-refractivity contribution in [2.75, 3.05) is 6.66 Å². The van der Waals surface area contributed by atoms with Gasteiger partial charge in [0.2, 0.25) is 0 Å². The van der Waals surface area contributed by atoms with Crippen molar-refractivity contribution in [2.24, 2.45) is 0 Å². The number of benzene rings is 1. The van der Waals surface area contributed by atoms with Gasteiger partial charge in [0.1, 0.15) is 18.9 Å². The van der Waals surface area contributed by atoms with Crippen molar-refractivity contribution in [3.63, 3.8) is 0 Å². The molecule has 0 heterocycles. The van der Waals surface area contributed by atoms with Crippen molar-refractivity contribution in [1.82, 2.24) is 0 Å².